The first kappa shape index (κ1) is 14.5. The average molecular weight is 248 g/mol. The predicted molar refractivity (Wildman–Crippen MR) is 83.8 cm³/mol. The zero-order chi connectivity index (χ0) is 12.5. The van der Waals surface area contributed by atoms with Crippen LogP contribution < -0.4 is 0 Å². The van der Waals surface area contributed by atoms with E-state index in [0.717, 1.165) is 12.5 Å². The van der Waals surface area contributed by atoms with Crippen molar-refractivity contribution in [3.05, 3.63) is 0 Å². The van der Waals surface area contributed by atoms with Crippen LogP contribution in [-0.2, 0) is 0 Å². The molecule has 0 amide bonds. The molecular formula is C17H33B. The second kappa shape index (κ2) is 9.05. The normalized spacial score (nSPS) is 26.3. The van der Waals surface area contributed by atoms with E-state index < -0.39 is 0 Å². The summed E-state index contributed by atoms with van der Waals surface area (Å²) in [5.41, 5.74) is 0. The van der Waals surface area contributed by atoms with Gasteiger partial charge in [-0.2, -0.15) is 0 Å². The lowest BCUT2D eigenvalue weighted by molar-refractivity contribution is 0.604. The van der Waals surface area contributed by atoms with Crippen LogP contribution in [0.1, 0.15) is 89.9 Å². The molecule has 1 saturated heterocycles. The Morgan fingerprint density at radius 2 is 0.833 bits per heavy atom. The van der Waals surface area contributed by atoms with E-state index in [0.29, 0.717) is 0 Å². The van der Waals surface area contributed by atoms with Crippen LogP contribution >= 0.6 is 0 Å². The third-order valence-electron chi connectivity index (χ3n) is 5.47. The van der Waals surface area contributed by atoms with E-state index in [1.165, 1.54) is 77.0 Å². The van der Waals surface area contributed by atoms with E-state index >= 15 is 0 Å². The van der Waals surface area contributed by atoms with Crippen LogP contribution in [0.15, 0.2) is 0 Å². The maximum atomic E-state index is 1.56. The van der Waals surface area contributed by atoms with Gasteiger partial charge in [0, 0.05) is 0 Å². The van der Waals surface area contributed by atoms with Crippen LogP contribution in [0.3, 0.4) is 0 Å². The zero-order valence-corrected chi connectivity index (χ0v) is 12.5. The van der Waals surface area contributed by atoms with Gasteiger partial charge in [0.05, 0.1) is 0 Å². The van der Waals surface area contributed by atoms with E-state index in [2.05, 4.69) is 0 Å². The molecule has 0 nitrogen and oxygen atoms in total. The van der Waals surface area contributed by atoms with E-state index in [4.69, 9.17) is 0 Å². The van der Waals surface area contributed by atoms with Crippen molar-refractivity contribution in [3.8, 4) is 0 Å². The van der Waals surface area contributed by atoms with Crippen molar-refractivity contribution < 1.29 is 0 Å². The Hall–Kier alpha value is 0.0649. The van der Waals surface area contributed by atoms with Crippen molar-refractivity contribution in [2.24, 2.45) is 0 Å². The second-order valence-corrected chi connectivity index (χ2v) is 6.92. The monoisotopic (exact) mass is 248 g/mol. The molecule has 1 heterocycles. The summed E-state index contributed by atoms with van der Waals surface area (Å²) in [5.74, 6) is 1.10. The van der Waals surface area contributed by atoms with Crippen molar-refractivity contribution in [2.75, 3.05) is 0 Å². The van der Waals surface area contributed by atoms with Crippen molar-refractivity contribution in [2.45, 2.75) is 108 Å². The molecule has 104 valence electrons. The van der Waals surface area contributed by atoms with Crippen molar-refractivity contribution in [1.82, 2.24) is 0 Å². The Balaban J connectivity index is 1.83. The highest BCUT2D eigenvalue weighted by atomic mass is 14.1. The highest BCUT2D eigenvalue weighted by Gasteiger charge is 2.24. The molecule has 0 N–H and O–H groups in total. The van der Waals surface area contributed by atoms with Gasteiger partial charge in [-0.3, -0.25) is 0 Å². The standard InChI is InChI=1S/C17H33B/c1-2-6-10-14-17(13-9-5-1)18-15-11-7-3-4-8-12-16-18/h17H,1-16H2. The SMILES string of the molecule is C1CCCCB(C2CCCCCCCC2)CCC1. The lowest BCUT2D eigenvalue weighted by Crippen LogP contribution is -2.20. The fraction of sp³-hybridized carbons (Fsp3) is 1.00. The summed E-state index contributed by atoms with van der Waals surface area (Å²) >= 11 is 0. The molecule has 2 aliphatic rings. The molecule has 2 fully saturated rings. The highest BCUT2D eigenvalue weighted by molar-refractivity contribution is 6.60. The Bertz CT molecular complexity index is 160. The van der Waals surface area contributed by atoms with Gasteiger partial charge in [-0.05, 0) is 0 Å². The quantitative estimate of drug-likeness (QED) is 0.475. The smallest absolute Gasteiger partial charge is 0.0739 e. The van der Waals surface area contributed by atoms with Crippen molar-refractivity contribution in [1.29, 1.82) is 0 Å². The van der Waals surface area contributed by atoms with Gasteiger partial charge < -0.3 is 0 Å². The molecule has 1 saturated carbocycles. The molecule has 1 heteroatoms. The summed E-state index contributed by atoms with van der Waals surface area (Å²) < 4.78 is 0. The van der Waals surface area contributed by atoms with Crippen LogP contribution in [0.4, 0.5) is 0 Å². The highest BCUT2D eigenvalue weighted by Crippen LogP contribution is 2.34. The van der Waals surface area contributed by atoms with Crippen LogP contribution in [0.25, 0.3) is 0 Å². The van der Waals surface area contributed by atoms with Gasteiger partial charge in [0.15, 0.2) is 0 Å². The predicted octanol–water partition coefficient (Wildman–Crippen LogP) is 6.34. The Morgan fingerprint density at radius 1 is 0.444 bits per heavy atom. The number of hydrogen-bond donors (Lipinski definition) is 0. The number of rotatable bonds is 1. The Morgan fingerprint density at radius 3 is 1.33 bits per heavy atom. The molecular weight excluding hydrogens is 215 g/mol. The van der Waals surface area contributed by atoms with Crippen LogP contribution in [-0.4, -0.2) is 6.71 Å². The summed E-state index contributed by atoms with van der Waals surface area (Å²) in [6.45, 7) is 1.10. The second-order valence-electron chi connectivity index (χ2n) is 6.92. The first-order valence-corrected chi connectivity index (χ1v) is 8.97. The lowest BCUT2D eigenvalue weighted by Gasteiger charge is -2.24. The van der Waals surface area contributed by atoms with Crippen molar-refractivity contribution >= 4 is 6.71 Å². The van der Waals surface area contributed by atoms with Gasteiger partial charge in [-0.1, -0.05) is 108 Å². The first-order valence-electron chi connectivity index (χ1n) is 8.97. The summed E-state index contributed by atoms with van der Waals surface area (Å²) in [7, 11) is 0. The van der Waals surface area contributed by atoms with Crippen LogP contribution in [0.2, 0.25) is 18.5 Å². The minimum atomic E-state index is 1.10. The fourth-order valence-electron chi connectivity index (χ4n) is 4.27. The summed E-state index contributed by atoms with van der Waals surface area (Å²) in [6.07, 6.45) is 24.5. The molecule has 0 bridgehead atoms. The minimum Gasteiger partial charge on any atom is -0.0739 e. The van der Waals surface area contributed by atoms with E-state index in [1.807, 2.05) is 0 Å². The average Bonchev–Trinajstić information content (AvgIpc) is 2.61. The van der Waals surface area contributed by atoms with E-state index in [-0.39, 0.29) is 0 Å². The third kappa shape index (κ3) is 5.37. The summed E-state index contributed by atoms with van der Waals surface area (Å²) in [5, 5.41) is 0. The van der Waals surface area contributed by atoms with Crippen molar-refractivity contribution in [3.63, 3.8) is 0 Å². The molecule has 0 atom stereocenters. The lowest BCUT2D eigenvalue weighted by atomic mass is 9.35. The summed E-state index contributed by atoms with van der Waals surface area (Å²) in [4.78, 5) is 0. The van der Waals surface area contributed by atoms with Gasteiger partial charge in [0.1, 0.15) is 6.71 Å². The molecule has 0 unspecified atom stereocenters. The molecule has 0 aromatic rings. The molecule has 1 aliphatic carbocycles. The maximum Gasteiger partial charge on any atom is 0.143 e. The first-order chi connectivity index (χ1) is 8.97. The largest absolute Gasteiger partial charge is 0.143 e. The van der Waals surface area contributed by atoms with Gasteiger partial charge in [-0.15, -0.1) is 0 Å². The number of hydrogen-bond acceptors (Lipinski definition) is 0. The molecule has 2 rings (SSSR count). The third-order valence-corrected chi connectivity index (χ3v) is 5.47. The van der Waals surface area contributed by atoms with Gasteiger partial charge >= 0.3 is 0 Å². The fourth-order valence-corrected chi connectivity index (χ4v) is 4.27. The molecule has 0 aromatic heterocycles. The van der Waals surface area contributed by atoms with Gasteiger partial charge in [0.2, 0.25) is 0 Å². The van der Waals surface area contributed by atoms with Crippen LogP contribution in [0.5, 0.6) is 0 Å². The topological polar surface area (TPSA) is 0 Å². The molecule has 0 radical (unpaired) electrons. The zero-order valence-electron chi connectivity index (χ0n) is 12.5. The van der Waals surface area contributed by atoms with E-state index in [9.17, 15) is 0 Å². The van der Waals surface area contributed by atoms with E-state index in [1.54, 1.807) is 25.5 Å². The molecule has 0 spiro atoms. The van der Waals surface area contributed by atoms with Crippen LogP contribution in [0, 0.1) is 0 Å². The van der Waals surface area contributed by atoms with Gasteiger partial charge in [-0.25, -0.2) is 0 Å². The molecule has 1 aliphatic heterocycles. The minimum absolute atomic E-state index is 1.10. The maximum absolute atomic E-state index is 1.56. The van der Waals surface area contributed by atoms with Gasteiger partial charge in [0.25, 0.3) is 0 Å². The summed E-state index contributed by atoms with van der Waals surface area (Å²) in [6, 6.07) is 0. The Kier molecular flexibility index (Phi) is 7.27. The molecule has 18 heavy (non-hydrogen) atoms. The molecule has 0 aromatic carbocycles. The Labute approximate surface area is 115 Å².